The normalized spacial score (nSPS) is 14.4. The van der Waals surface area contributed by atoms with Crippen LogP contribution >= 0.6 is 0 Å². The van der Waals surface area contributed by atoms with Gasteiger partial charge in [-0.25, -0.2) is 0 Å². The number of anilines is 1. The summed E-state index contributed by atoms with van der Waals surface area (Å²) < 4.78 is 0. The molecule has 2 nitrogen and oxygen atoms in total. The fraction of sp³-hybridized carbons (Fsp3) is 0.154. The van der Waals surface area contributed by atoms with Crippen LogP contribution in [0, 0.1) is 0 Å². The Morgan fingerprint density at radius 1 is 1.07 bits per heavy atom. The van der Waals surface area contributed by atoms with Crippen molar-refractivity contribution in [2.24, 2.45) is 4.99 Å². The minimum Gasteiger partial charge on any atom is -0.382 e. The molecule has 0 aromatic heterocycles. The van der Waals surface area contributed by atoms with Crippen LogP contribution < -0.4 is 5.32 Å². The largest absolute Gasteiger partial charge is 0.382 e. The molecule has 0 bridgehead atoms. The third-order valence-electron chi connectivity index (χ3n) is 2.73. The van der Waals surface area contributed by atoms with Crippen LogP contribution in [0.5, 0.6) is 0 Å². The van der Waals surface area contributed by atoms with Gasteiger partial charge in [0.05, 0.1) is 12.2 Å². The van der Waals surface area contributed by atoms with Gasteiger partial charge in [-0.15, -0.1) is 0 Å². The maximum atomic E-state index is 4.33. The monoisotopic (exact) mass is 196 g/mol. The highest BCUT2D eigenvalue weighted by atomic mass is 14.9. The van der Waals surface area contributed by atoms with Crippen molar-refractivity contribution >= 4 is 22.7 Å². The van der Waals surface area contributed by atoms with E-state index < -0.39 is 0 Å². The first kappa shape index (κ1) is 8.48. The highest BCUT2D eigenvalue weighted by molar-refractivity contribution is 6.03. The van der Waals surface area contributed by atoms with E-state index in [1.54, 1.807) is 0 Å². The second-order valence-electron chi connectivity index (χ2n) is 3.71. The molecule has 1 aliphatic heterocycles. The fourth-order valence-electron chi connectivity index (χ4n) is 2.00. The van der Waals surface area contributed by atoms with E-state index in [-0.39, 0.29) is 0 Å². The number of nitrogens with one attached hydrogen (secondary N) is 1. The Balaban J connectivity index is 2.33. The number of benzene rings is 2. The lowest BCUT2D eigenvalue weighted by molar-refractivity contribution is 1.04. The van der Waals surface area contributed by atoms with Crippen molar-refractivity contribution in [1.29, 1.82) is 0 Å². The van der Waals surface area contributed by atoms with Crippen LogP contribution in [0.2, 0.25) is 0 Å². The molecule has 0 radical (unpaired) electrons. The van der Waals surface area contributed by atoms with Gasteiger partial charge in [-0.05, 0) is 5.39 Å². The predicted octanol–water partition coefficient (Wildman–Crippen LogP) is 2.68. The molecule has 1 heterocycles. The van der Waals surface area contributed by atoms with E-state index >= 15 is 0 Å². The highest BCUT2D eigenvalue weighted by Gasteiger charge is 2.06. The topological polar surface area (TPSA) is 24.4 Å². The Labute approximate surface area is 88.6 Å². The molecule has 0 aliphatic carbocycles. The number of hydrogen-bond acceptors (Lipinski definition) is 2. The summed E-state index contributed by atoms with van der Waals surface area (Å²) in [5.41, 5.74) is 2.40. The quantitative estimate of drug-likeness (QED) is 0.688. The van der Waals surface area contributed by atoms with Crippen molar-refractivity contribution in [2.75, 3.05) is 18.4 Å². The second-order valence-corrected chi connectivity index (χ2v) is 3.71. The molecule has 15 heavy (non-hydrogen) atoms. The number of rotatable bonds is 0. The maximum Gasteiger partial charge on any atom is 0.0562 e. The van der Waals surface area contributed by atoms with Crippen molar-refractivity contribution in [3.63, 3.8) is 0 Å². The summed E-state index contributed by atoms with van der Waals surface area (Å²) in [5.74, 6) is 0. The van der Waals surface area contributed by atoms with E-state index in [9.17, 15) is 0 Å². The third-order valence-corrected chi connectivity index (χ3v) is 2.73. The van der Waals surface area contributed by atoms with Crippen LogP contribution in [0.25, 0.3) is 10.8 Å². The van der Waals surface area contributed by atoms with E-state index in [1.165, 1.54) is 22.0 Å². The Hall–Kier alpha value is -1.83. The van der Waals surface area contributed by atoms with Gasteiger partial charge in [0.2, 0.25) is 0 Å². The van der Waals surface area contributed by atoms with Crippen molar-refractivity contribution in [2.45, 2.75) is 0 Å². The number of nitrogens with zero attached hydrogens (tertiary/aromatic N) is 1. The molecule has 0 atom stereocenters. The zero-order valence-corrected chi connectivity index (χ0v) is 8.40. The third kappa shape index (κ3) is 1.38. The summed E-state index contributed by atoms with van der Waals surface area (Å²) in [6.07, 6.45) is 1.96. The predicted molar refractivity (Wildman–Crippen MR) is 64.9 cm³/mol. The molecule has 0 fully saturated rings. The van der Waals surface area contributed by atoms with Crippen LogP contribution in [-0.4, -0.2) is 19.3 Å². The molecule has 2 aromatic rings. The molecule has 0 saturated heterocycles. The van der Waals surface area contributed by atoms with E-state index in [4.69, 9.17) is 0 Å². The van der Waals surface area contributed by atoms with E-state index in [0.717, 1.165) is 13.1 Å². The SMILES string of the molecule is C1=NCCNc2c1ccc1ccccc21. The molecule has 74 valence electrons. The molecule has 0 unspecified atom stereocenters. The lowest BCUT2D eigenvalue weighted by atomic mass is 10.0. The lowest BCUT2D eigenvalue weighted by Crippen LogP contribution is -2.03. The maximum absolute atomic E-state index is 4.33. The smallest absolute Gasteiger partial charge is 0.0562 e. The Kier molecular flexibility index (Phi) is 1.91. The van der Waals surface area contributed by atoms with Crippen LogP contribution in [0.3, 0.4) is 0 Å². The van der Waals surface area contributed by atoms with Crippen LogP contribution in [0.4, 0.5) is 5.69 Å². The molecular weight excluding hydrogens is 184 g/mol. The van der Waals surface area contributed by atoms with E-state index in [1.807, 2.05) is 6.21 Å². The summed E-state index contributed by atoms with van der Waals surface area (Å²) in [7, 11) is 0. The summed E-state index contributed by atoms with van der Waals surface area (Å²) in [6.45, 7) is 1.76. The van der Waals surface area contributed by atoms with Crippen molar-refractivity contribution in [3.05, 3.63) is 42.0 Å². The van der Waals surface area contributed by atoms with E-state index in [0.29, 0.717) is 0 Å². The van der Waals surface area contributed by atoms with Gasteiger partial charge in [0, 0.05) is 23.7 Å². The van der Waals surface area contributed by atoms with Gasteiger partial charge >= 0.3 is 0 Å². The van der Waals surface area contributed by atoms with Crippen molar-refractivity contribution in [3.8, 4) is 0 Å². The molecular formula is C13H12N2. The van der Waals surface area contributed by atoms with E-state index in [2.05, 4.69) is 46.7 Å². The average molecular weight is 196 g/mol. The van der Waals surface area contributed by atoms with Gasteiger partial charge < -0.3 is 5.32 Å². The molecule has 0 amide bonds. The average Bonchev–Trinajstić information content (AvgIpc) is 2.54. The van der Waals surface area contributed by atoms with Gasteiger partial charge in [0.15, 0.2) is 0 Å². The molecule has 2 aromatic carbocycles. The molecule has 1 aliphatic rings. The first-order valence-electron chi connectivity index (χ1n) is 5.20. The molecule has 1 N–H and O–H groups in total. The minimum atomic E-state index is 0.850. The first-order valence-corrected chi connectivity index (χ1v) is 5.20. The Morgan fingerprint density at radius 3 is 3.00 bits per heavy atom. The number of fused-ring (bicyclic) bond motifs is 3. The minimum absolute atomic E-state index is 0.850. The zero-order chi connectivity index (χ0) is 10.1. The zero-order valence-electron chi connectivity index (χ0n) is 8.40. The molecule has 0 saturated carbocycles. The Bertz CT molecular complexity index is 529. The highest BCUT2D eigenvalue weighted by Crippen LogP contribution is 2.27. The van der Waals surface area contributed by atoms with Gasteiger partial charge in [0.1, 0.15) is 0 Å². The van der Waals surface area contributed by atoms with Gasteiger partial charge in [-0.3, -0.25) is 4.99 Å². The number of hydrogen-bond donors (Lipinski definition) is 1. The Morgan fingerprint density at radius 2 is 2.00 bits per heavy atom. The second kappa shape index (κ2) is 3.39. The van der Waals surface area contributed by atoms with Crippen LogP contribution in [0.15, 0.2) is 41.4 Å². The van der Waals surface area contributed by atoms with Gasteiger partial charge in [-0.2, -0.15) is 0 Å². The van der Waals surface area contributed by atoms with Crippen LogP contribution in [0.1, 0.15) is 5.56 Å². The summed E-state index contributed by atoms with van der Waals surface area (Å²) in [4.78, 5) is 4.33. The van der Waals surface area contributed by atoms with Crippen molar-refractivity contribution in [1.82, 2.24) is 0 Å². The number of aliphatic imine (C=N–C) groups is 1. The summed E-state index contributed by atoms with van der Waals surface area (Å²) in [6, 6.07) is 12.7. The molecule has 0 spiro atoms. The van der Waals surface area contributed by atoms with Gasteiger partial charge in [0.25, 0.3) is 0 Å². The molecule has 3 rings (SSSR count). The molecule has 2 heteroatoms. The van der Waals surface area contributed by atoms with Gasteiger partial charge in [-0.1, -0.05) is 36.4 Å². The summed E-state index contributed by atoms with van der Waals surface area (Å²) >= 11 is 0. The van der Waals surface area contributed by atoms with Crippen LogP contribution in [-0.2, 0) is 0 Å². The van der Waals surface area contributed by atoms with Crippen molar-refractivity contribution < 1.29 is 0 Å². The standard InChI is InChI=1S/C13H12N2/c1-2-4-12-10(3-1)5-6-11-9-14-7-8-15-13(11)12/h1-6,9,15H,7-8H2. The summed E-state index contributed by atoms with van der Waals surface area (Å²) in [5, 5.41) is 6.00. The fourth-order valence-corrected chi connectivity index (χ4v) is 2.00. The lowest BCUT2D eigenvalue weighted by Gasteiger charge is -2.09. The first-order chi connectivity index (χ1) is 7.45.